The molecule has 2 heterocycles. The van der Waals surface area contributed by atoms with Gasteiger partial charge in [0, 0.05) is 19.8 Å². The lowest BCUT2D eigenvalue weighted by Crippen LogP contribution is -2.60. The maximum Gasteiger partial charge on any atom is 0.184 e. The maximum absolute atomic E-state index is 6.34. The van der Waals surface area contributed by atoms with Crippen molar-refractivity contribution in [2.24, 2.45) is 0 Å². The second kappa shape index (κ2) is 7.86. The largest absolute Gasteiger partial charge is 0.376 e. The second-order valence-corrected chi connectivity index (χ2v) is 6.58. The monoisotopic (exact) mass is 356 g/mol. The van der Waals surface area contributed by atoms with E-state index in [2.05, 4.69) is 0 Å². The number of ether oxygens (including phenoxy) is 5. The van der Waals surface area contributed by atoms with E-state index in [1.807, 2.05) is 60.7 Å². The molecule has 0 radical (unpaired) electrons. The highest BCUT2D eigenvalue weighted by molar-refractivity contribution is 5.21. The van der Waals surface area contributed by atoms with Crippen LogP contribution in [0.3, 0.4) is 0 Å². The van der Waals surface area contributed by atoms with Gasteiger partial charge in [-0.25, -0.2) is 0 Å². The minimum atomic E-state index is -0.426. The molecule has 2 aliphatic rings. The van der Waals surface area contributed by atoms with Crippen LogP contribution in [0.1, 0.15) is 23.5 Å². The summed E-state index contributed by atoms with van der Waals surface area (Å²) in [7, 11) is 3.38. The highest BCUT2D eigenvalue weighted by Crippen LogP contribution is 2.40. The van der Waals surface area contributed by atoms with Crippen LogP contribution in [0.5, 0.6) is 0 Å². The van der Waals surface area contributed by atoms with Gasteiger partial charge in [-0.05, 0) is 5.56 Å². The summed E-state index contributed by atoms with van der Waals surface area (Å²) >= 11 is 0. The van der Waals surface area contributed by atoms with E-state index in [4.69, 9.17) is 23.7 Å². The molecule has 1 unspecified atom stereocenters. The summed E-state index contributed by atoms with van der Waals surface area (Å²) in [6, 6.07) is 20.0. The van der Waals surface area contributed by atoms with E-state index in [0.717, 1.165) is 11.1 Å². The van der Waals surface area contributed by atoms with E-state index < -0.39 is 6.29 Å². The average molecular weight is 356 g/mol. The van der Waals surface area contributed by atoms with Crippen molar-refractivity contribution in [1.82, 2.24) is 0 Å². The van der Waals surface area contributed by atoms with Crippen LogP contribution in [0.25, 0.3) is 0 Å². The van der Waals surface area contributed by atoms with Crippen molar-refractivity contribution in [1.29, 1.82) is 0 Å². The van der Waals surface area contributed by atoms with Crippen LogP contribution in [0.4, 0.5) is 0 Å². The predicted molar refractivity (Wildman–Crippen MR) is 95.7 cm³/mol. The highest BCUT2D eigenvalue weighted by Gasteiger charge is 2.50. The first-order valence-electron chi connectivity index (χ1n) is 8.90. The van der Waals surface area contributed by atoms with Crippen LogP contribution in [-0.2, 0) is 23.7 Å². The van der Waals surface area contributed by atoms with E-state index in [0.29, 0.717) is 6.61 Å². The summed E-state index contributed by atoms with van der Waals surface area (Å²) in [6.07, 6.45) is -1.64. The van der Waals surface area contributed by atoms with Gasteiger partial charge in [0.25, 0.3) is 0 Å². The number of hydrogen-bond donors (Lipinski definition) is 0. The molecule has 2 aromatic rings. The van der Waals surface area contributed by atoms with Gasteiger partial charge in [0.2, 0.25) is 0 Å². The summed E-state index contributed by atoms with van der Waals surface area (Å²) in [5.41, 5.74) is 2.05. The lowest BCUT2D eigenvalue weighted by molar-refractivity contribution is -0.334. The molecule has 0 aliphatic carbocycles. The van der Waals surface area contributed by atoms with E-state index in [9.17, 15) is 0 Å². The average Bonchev–Trinajstić information content (AvgIpc) is 2.73. The zero-order valence-electron chi connectivity index (χ0n) is 15.0. The molecule has 6 atom stereocenters. The summed E-state index contributed by atoms with van der Waals surface area (Å²) in [4.78, 5) is 0. The third-order valence-electron chi connectivity index (χ3n) is 5.07. The molecule has 138 valence electrons. The van der Waals surface area contributed by atoms with Crippen LogP contribution in [-0.4, -0.2) is 45.2 Å². The Balaban J connectivity index is 1.59. The van der Waals surface area contributed by atoms with E-state index in [-0.39, 0.29) is 30.5 Å². The molecule has 0 aromatic heterocycles. The number of methoxy groups -OCH3 is 2. The quantitative estimate of drug-likeness (QED) is 0.841. The van der Waals surface area contributed by atoms with E-state index in [1.54, 1.807) is 14.2 Å². The number of benzene rings is 2. The molecule has 0 amide bonds. The molecular formula is C21H24O5. The predicted octanol–water partition coefficient (Wildman–Crippen LogP) is 3.27. The fraction of sp³-hybridized carbons (Fsp3) is 0.429. The summed E-state index contributed by atoms with van der Waals surface area (Å²) in [6.45, 7) is 0.448. The number of fused-ring (bicyclic) bond motifs is 1. The molecule has 0 spiro atoms. The van der Waals surface area contributed by atoms with Gasteiger partial charge in [0.05, 0.1) is 6.61 Å². The third kappa shape index (κ3) is 3.29. The van der Waals surface area contributed by atoms with E-state index in [1.165, 1.54) is 0 Å². The SMILES string of the molecule is CO[C@@H]1[C@H](OC)[C@@H](c2ccccc2)O[C@@H]2COC(c3ccccc3)O[C@@H]12. The fourth-order valence-corrected chi connectivity index (χ4v) is 3.80. The zero-order valence-corrected chi connectivity index (χ0v) is 15.0. The maximum atomic E-state index is 6.34. The van der Waals surface area contributed by atoms with Gasteiger partial charge >= 0.3 is 0 Å². The van der Waals surface area contributed by atoms with Crippen molar-refractivity contribution in [2.75, 3.05) is 20.8 Å². The van der Waals surface area contributed by atoms with Crippen molar-refractivity contribution >= 4 is 0 Å². The normalized spacial score (nSPS) is 34.2. The van der Waals surface area contributed by atoms with Crippen molar-refractivity contribution < 1.29 is 23.7 Å². The van der Waals surface area contributed by atoms with Gasteiger partial charge in [-0.3, -0.25) is 0 Å². The minimum Gasteiger partial charge on any atom is -0.376 e. The lowest BCUT2D eigenvalue weighted by Gasteiger charge is -2.48. The van der Waals surface area contributed by atoms with Crippen LogP contribution < -0.4 is 0 Å². The smallest absolute Gasteiger partial charge is 0.184 e. The third-order valence-corrected chi connectivity index (χ3v) is 5.07. The molecule has 4 rings (SSSR count). The van der Waals surface area contributed by atoms with Crippen LogP contribution in [0.2, 0.25) is 0 Å². The minimum absolute atomic E-state index is 0.212. The lowest BCUT2D eigenvalue weighted by atomic mass is 9.90. The molecule has 2 fully saturated rings. The molecule has 0 bridgehead atoms. The summed E-state index contributed by atoms with van der Waals surface area (Å²) < 4.78 is 30.1. The molecule has 2 aromatic carbocycles. The van der Waals surface area contributed by atoms with Crippen molar-refractivity contribution in [2.45, 2.75) is 36.8 Å². The Morgan fingerprint density at radius 2 is 1.38 bits per heavy atom. The van der Waals surface area contributed by atoms with Crippen molar-refractivity contribution in [3.05, 3.63) is 71.8 Å². The molecule has 2 aliphatic heterocycles. The van der Waals surface area contributed by atoms with E-state index >= 15 is 0 Å². The molecule has 0 N–H and O–H groups in total. The Hall–Kier alpha value is -1.76. The Labute approximate surface area is 153 Å². The number of rotatable bonds is 4. The molecule has 5 nitrogen and oxygen atoms in total. The topological polar surface area (TPSA) is 46.2 Å². The standard InChI is InChI=1S/C21H24O5/c1-22-19-17(14-9-5-3-6-10-14)25-16-13-24-21(15-11-7-4-8-12-15)26-18(16)20(19)23-2/h3-12,16-21H,13H2,1-2H3/t16-,17-,18-,19-,20+,21?/m1/s1. The highest BCUT2D eigenvalue weighted by atomic mass is 16.7. The van der Waals surface area contributed by atoms with Gasteiger partial charge in [0.15, 0.2) is 6.29 Å². The first-order chi connectivity index (χ1) is 12.8. The van der Waals surface area contributed by atoms with Gasteiger partial charge in [-0.1, -0.05) is 60.7 Å². The first-order valence-corrected chi connectivity index (χ1v) is 8.90. The molecule has 2 saturated heterocycles. The Bertz CT molecular complexity index is 692. The summed E-state index contributed by atoms with van der Waals surface area (Å²) in [5, 5.41) is 0. The fourth-order valence-electron chi connectivity index (χ4n) is 3.80. The van der Waals surface area contributed by atoms with Crippen LogP contribution >= 0.6 is 0 Å². The number of hydrogen-bond acceptors (Lipinski definition) is 5. The Kier molecular flexibility index (Phi) is 5.33. The molecular weight excluding hydrogens is 332 g/mol. The van der Waals surface area contributed by atoms with Crippen molar-refractivity contribution in [3.63, 3.8) is 0 Å². The molecule has 26 heavy (non-hydrogen) atoms. The van der Waals surface area contributed by atoms with Crippen molar-refractivity contribution in [3.8, 4) is 0 Å². The Morgan fingerprint density at radius 3 is 2.00 bits per heavy atom. The van der Waals surface area contributed by atoms with Gasteiger partial charge in [-0.15, -0.1) is 0 Å². The Morgan fingerprint density at radius 1 is 0.769 bits per heavy atom. The molecule has 0 saturated carbocycles. The van der Waals surface area contributed by atoms with Gasteiger partial charge in [-0.2, -0.15) is 0 Å². The summed E-state index contributed by atoms with van der Waals surface area (Å²) in [5.74, 6) is 0. The molecule has 5 heteroatoms. The zero-order chi connectivity index (χ0) is 17.9. The van der Waals surface area contributed by atoms with Gasteiger partial charge in [0.1, 0.15) is 30.5 Å². The first kappa shape index (κ1) is 17.6. The van der Waals surface area contributed by atoms with Gasteiger partial charge < -0.3 is 23.7 Å². The van der Waals surface area contributed by atoms with Crippen LogP contribution in [0.15, 0.2) is 60.7 Å². The van der Waals surface area contributed by atoms with Crippen LogP contribution in [0, 0.1) is 0 Å². The second-order valence-electron chi connectivity index (χ2n) is 6.58.